The van der Waals surface area contributed by atoms with Crippen LogP contribution in [0, 0.1) is 0 Å². The molecule has 0 heterocycles. The summed E-state index contributed by atoms with van der Waals surface area (Å²) in [5, 5.41) is 14.3. The number of aliphatic hydroxyl groups excluding tert-OH is 1. The van der Waals surface area contributed by atoms with Gasteiger partial charge >= 0.3 is 0 Å². The van der Waals surface area contributed by atoms with E-state index in [1.807, 2.05) is 42.5 Å². The fourth-order valence-electron chi connectivity index (χ4n) is 1.83. The van der Waals surface area contributed by atoms with Gasteiger partial charge in [0.05, 0.1) is 0 Å². The molecule has 0 bridgehead atoms. The van der Waals surface area contributed by atoms with Crippen LogP contribution in [0.5, 0.6) is 5.75 Å². The molecule has 0 aliphatic carbocycles. The number of rotatable bonds is 5. The number of hydrogen-bond acceptors (Lipinski definition) is 3. The number of carbonyl (C=O) groups is 1. The van der Waals surface area contributed by atoms with Crippen molar-refractivity contribution in [2.45, 2.75) is 13.0 Å². The molecular formula is C15H17NO3. The minimum atomic E-state index is -0.720. The Kier molecular flexibility index (Phi) is 4.36. The van der Waals surface area contributed by atoms with Gasteiger partial charge in [-0.15, -0.1) is 0 Å². The summed E-state index contributed by atoms with van der Waals surface area (Å²) < 4.78 is 5.61. The molecule has 0 aliphatic heterocycles. The van der Waals surface area contributed by atoms with E-state index in [0.717, 1.165) is 16.5 Å². The van der Waals surface area contributed by atoms with E-state index < -0.39 is 6.10 Å². The fourth-order valence-corrected chi connectivity index (χ4v) is 1.83. The lowest BCUT2D eigenvalue weighted by molar-refractivity contribution is -0.119. The molecule has 1 atom stereocenters. The zero-order chi connectivity index (χ0) is 13.7. The molecule has 19 heavy (non-hydrogen) atoms. The standard InChI is InChI=1S/C15H17NO3/c1-11(17)16-9-13(18)10-19-15-8-4-6-12-5-2-3-7-14(12)15/h2-8,13,18H,9-10H2,1H3,(H,16,17)/t13-/m1/s1. The fraction of sp³-hybridized carbons (Fsp3) is 0.267. The average Bonchev–Trinajstić information content (AvgIpc) is 2.42. The number of aliphatic hydroxyl groups is 1. The minimum absolute atomic E-state index is 0.147. The smallest absolute Gasteiger partial charge is 0.216 e. The largest absolute Gasteiger partial charge is 0.490 e. The SMILES string of the molecule is CC(=O)NC[C@@H](O)COc1cccc2ccccc12. The summed E-state index contributed by atoms with van der Waals surface area (Å²) in [6.07, 6.45) is -0.720. The molecule has 2 aromatic rings. The van der Waals surface area contributed by atoms with E-state index in [2.05, 4.69) is 5.32 Å². The summed E-state index contributed by atoms with van der Waals surface area (Å²) in [6.45, 7) is 1.76. The molecule has 1 amide bonds. The topological polar surface area (TPSA) is 58.6 Å². The van der Waals surface area contributed by atoms with Crippen LogP contribution in [-0.2, 0) is 4.79 Å². The third kappa shape index (κ3) is 3.69. The summed E-state index contributed by atoms with van der Waals surface area (Å²) in [6, 6.07) is 13.7. The van der Waals surface area contributed by atoms with Gasteiger partial charge in [-0.05, 0) is 11.5 Å². The number of ether oxygens (including phenoxy) is 1. The maximum absolute atomic E-state index is 10.7. The number of fused-ring (bicyclic) bond motifs is 1. The molecule has 0 fully saturated rings. The third-order valence-electron chi connectivity index (χ3n) is 2.77. The van der Waals surface area contributed by atoms with Gasteiger partial charge in [0.1, 0.15) is 18.5 Å². The first-order valence-electron chi connectivity index (χ1n) is 6.20. The molecule has 100 valence electrons. The first-order chi connectivity index (χ1) is 9.16. The van der Waals surface area contributed by atoms with Gasteiger partial charge in [-0.25, -0.2) is 0 Å². The van der Waals surface area contributed by atoms with E-state index in [-0.39, 0.29) is 19.1 Å². The monoisotopic (exact) mass is 259 g/mol. The molecule has 0 aromatic heterocycles. The highest BCUT2D eigenvalue weighted by Gasteiger charge is 2.07. The number of benzene rings is 2. The van der Waals surface area contributed by atoms with Crippen LogP contribution < -0.4 is 10.1 Å². The van der Waals surface area contributed by atoms with Crippen molar-refractivity contribution >= 4 is 16.7 Å². The Morgan fingerprint density at radius 2 is 2.00 bits per heavy atom. The summed E-state index contributed by atoms with van der Waals surface area (Å²) >= 11 is 0. The molecule has 2 aromatic carbocycles. The highest BCUT2D eigenvalue weighted by atomic mass is 16.5. The summed E-state index contributed by atoms with van der Waals surface area (Å²) in [4.78, 5) is 10.7. The lowest BCUT2D eigenvalue weighted by atomic mass is 10.1. The Labute approximate surface area is 112 Å². The van der Waals surface area contributed by atoms with Gasteiger partial charge in [0.25, 0.3) is 0 Å². The van der Waals surface area contributed by atoms with Crippen LogP contribution in [0.3, 0.4) is 0 Å². The summed E-state index contributed by atoms with van der Waals surface area (Å²) in [7, 11) is 0. The van der Waals surface area contributed by atoms with Crippen LogP contribution in [-0.4, -0.2) is 30.3 Å². The van der Waals surface area contributed by atoms with Crippen LogP contribution in [0.25, 0.3) is 10.8 Å². The molecule has 0 saturated heterocycles. The van der Waals surface area contributed by atoms with Crippen molar-refractivity contribution in [1.29, 1.82) is 0 Å². The van der Waals surface area contributed by atoms with Crippen LogP contribution in [0.4, 0.5) is 0 Å². The first kappa shape index (κ1) is 13.4. The number of amides is 1. The van der Waals surface area contributed by atoms with Gasteiger partial charge < -0.3 is 15.2 Å². The summed E-state index contributed by atoms with van der Waals surface area (Å²) in [5.74, 6) is 0.573. The molecule has 4 nitrogen and oxygen atoms in total. The van der Waals surface area contributed by atoms with Crippen LogP contribution in [0.2, 0.25) is 0 Å². The molecule has 2 N–H and O–H groups in total. The van der Waals surface area contributed by atoms with Gasteiger partial charge in [0.15, 0.2) is 0 Å². The minimum Gasteiger partial charge on any atom is -0.490 e. The molecule has 4 heteroatoms. The predicted molar refractivity (Wildman–Crippen MR) is 74.1 cm³/mol. The van der Waals surface area contributed by atoms with E-state index in [9.17, 15) is 9.90 Å². The molecule has 0 radical (unpaired) electrons. The lowest BCUT2D eigenvalue weighted by Gasteiger charge is -2.14. The lowest BCUT2D eigenvalue weighted by Crippen LogP contribution is -2.33. The van der Waals surface area contributed by atoms with E-state index in [4.69, 9.17) is 4.74 Å². The average molecular weight is 259 g/mol. The van der Waals surface area contributed by atoms with Crippen LogP contribution in [0.1, 0.15) is 6.92 Å². The van der Waals surface area contributed by atoms with Gasteiger partial charge in [-0.3, -0.25) is 4.79 Å². The van der Waals surface area contributed by atoms with Crippen molar-refractivity contribution in [3.8, 4) is 5.75 Å². The quantitative estimate of drug-likeness (QED) is 0.859. The molecule has 0 saturated carbocycles. The second-order valence-electron chi connectivity index (χ2n) is 4.38. The Bertz CT molecular complexity index is 563. The Hall–Kier alpha value is -2.07. The Morgan fingerprint density at radius 1 is 1.26 bits per heavy atom. The van der Waals surface area contributed by atoms with Crippen molar-refractivity contribution in [3.05, 3.63) is 42.5 Å². The van der Waals surface area contributed by atoms with E-state index >= 15 is 0 Å². The summed E-state index contributed by atoms with van der Waals surface area (Å²) in [5.41, 5.74) is 0. The van der Waals surface area contributed by atoms with E-state index in [0.29, 0.717) is 0 Å². The first-order valence-corrected chi connectivity index (χ1v) is 6.20. The van der Waals surface area contributed by atoms with Crippen molar-refractivity contribution in [2.24, 2.45) is 0 Å². The molecule has 0 unspecified atom stereocenters. The van der Waals surface area contributed by atoms with Gasteiger partial charge in [-0.2, -0.15) is 0 Å². The van der Waals surface area contributed by atoms with Crippen LogP contribution >= 0.6 is 0 Å². The number of carbonyl (C=O) groups excluding carboxylic acids is 1. The zero-order valence-corrected chi connectivity index (χ0v) is 10.8. The third-order valence-corrected chi connectivity index (χ3v) is 2.77. The Morgan fingerprint density at radius 3 is 2.79 bits per heavy atom. The van der Waals surface area contributed by atoms with Crippen molar-refractivity contribution in [1.82, 2.24) is 5.32 Å². The van der Waals surface area contributed by atoms with Crippen molar-refractivity contribution in [2.75, 3.05) is 13.2 Å². The Balaban J connectivity index is 2.00. The number of hydrogen-bond donors (Lipinski definition) is 2. The predicted octanol–water partition coefficient (Wildman–Crippen LogP) is 1.72. The second-order valence-corrected chi connectivity index (χ2v) is 4.38. The molecular weight excluding hydrogens is 242 g/mol. The maximum atomic E-state index is 10.7. The maximum Gasteiger partial charge on any atom is 0.216 e. The van der Waals surface area contributed by atoms with E-state index in [1.54, 1.807) is 0 Å². The highest BCUT2D eigenvalue weighted by Crippen LogP contribution is 2.25. The molecule has 2 rings (SSSR count). The molecule has 0 spiro atoms. The highest BCUT2D eigenvalue weighted by molar-refractivity contribution is 5.88. The molecule has 0 aliphatic rings. The van der Waals surface area contributed by atoms with Crippen LogP contribution in [0.15, 0.2) is 42.5 Å². The van der Waals surface area contributed by atoms with E-state index in [1.165, 1.54) is 6.92 Å². The van der Waals surface area contributed by atoms with Gasteiger partial charge in [0.2, 0.25) is 5.91 Å². The van der Waals surface area contributed by atoms with Crippen molar-refractivity contribution in [3.63, 3.8) is 0 Å². The number of nitrogens with one attached hydrogen (secondary N) is 1. The normalized spacial score (nSPS) is 12.1. The zero-order valence-electron chi connectivity index (χ0n) is 10.8. The second kappa shape index (κ2) is 6.20. The van der Waals surface area contributed by atoms with Gasteiger partial charge in [-0.1, -0.05) is 36.4 Å². The van der Waals surface area contributed by atoms with Crippen molar-refractivity contribution < 1.29 is 14.6 Å². The van der Waals surface area contributed by atoms with Gasteiger partial charge in [0, 0.05) is 18.9 Å².